The maximum atomic E-state index is 12.1. The fourth-order valence-corrected chi connectivity index (χ4v) is 2.99. The predicted octanol–water partition coefficient (Wildman–Crippen LogP) is 3.26. The van der Waals surface area contributed by atoms with E-state index in [-0.39, 0.29) is 23.8 Å². The fourth-order valence-electron chi connectivity index (χ4n) is 2.99. The maximum absolute atomic E-state index is 12.1. The Balaban J connectivity index is 1.46. The quantitative estimate of drug-likeness (QED) is 0.763. The van der Waals surface area contributed by atoms with E-state index in [4.69, 9.17) is 0 Å². The van der Waals surface area contributed by atoms with E-state index in [2.05, 4.69) is 20.3 Å². The third-order valence-corrected chi connectivity index (χ3v) is 4.37. The Bertz CT molecular complexity index is 804. The number of carbonyl (C=O) groups is 2. The molecule has 0 unspecified atom stereocenters. The smallest absolute Gasteiger partial charge is 0.387 e. The van der Waals surface area contributed by atoms with E-state index in [9.17, 15) is 18.4 Å². The standard InChI is InChI=1S/C20H21F2N3O3/c21-20(22)28-17-9-3-14(4-10-17)19(27)23-13-18(26)24-15-5-7-16(8-6-15)25-11-1-2-12-25/h3-10,20H,1-2,11-13H2,(H,23,27)(H,24,26). The molecule has 1 fully saturated rings. The number of nitrogens with zero attached hydrogens (tertiary/aromatic N) is 1. The molecular weight excluding hydrogens is 368 g/mol. The van der Waals surface area contributed by atoms with E-state index >= 15 is 0 Å². The number of hydrogen-bond acceptors (Lipinski definition) is 4. The number of halogens is 2. The highest BCUT2D eigenvalue weighted by Crippen LogP contribution is 2.22. The summed E-state index contributed by atoms with van der Waals surface area (Å²) in [4.78, 5) is 26.4. The molecule has 6 nitrogen and oxygen atoms in total. The van der Waals surface area contributed by atoms with Crippen LogP contribution < -0.4 is 20.3 Å². The van der Waals surface area contributed by atoms with Gasteiger partial charge in [-0.15, -0.1) is 0 Å². The molecule has 2 N–H and O–H groups in total. The third-order valence-electron chi connectivity index (χ3n) is 4.37. The predicted molar refractivity (Wildman–Crippen MR) is 102 cm³/mol. The molecule has 0 saturated carbocycles. The number of amides is 2. The summed E-state index contributed by atoms with van der Waals surface area (Å²) in [6.45, 7) is -1.03. The van der Waals surface area contributed by atoms with Gasteiger partial charge in [-0.1, -0.05) is 0 Å². The Morgan fingerprint density at radius 1 is 1.00 bits per heavy atom. The summed E-state index contributed by atoms with van der Waals surface area (Å²) < 4.78 is 28.5. The van der Waals surface area contributed by atoms with Gasteiger partial charge in [-0.2, -0.15) is 8.78 Å². The van der Waals surface area contributed by atoms with Crippen molar-refractivity contribution in [2.75, 3.05) is 29.9 Å². The van der Waals surface area contributed by atoms with E-state index in [1.807, 2.05) is 24.3 Å². The van der Waals surface area contributed by atoms with Gasteiger partial charge in [0.1, 0.15) is 5.75 Å². The molecule has 0 spiro atoms. The van der Waals surface area contributed by atoms with Crippen molar-refractivity contribution in [1.82, 2.24) is 5.32 Å². The Morgan fingerprint density at radius 2 is 1.64 bits per heavy atom. The van der Waals surface area contributed by atoms with Crippen LogP contribution in [0.5, 0.6) is 5.75 Å². The van der Waals surface area contributed by atoms with Crippen LogP contribution in [0.3, 0.4) is 0 Å². The van der Waals surface area contributed by atoms with Crippen molar-refractivity contribution in [2.24, 2.45) is 0 Å². The molecule has 1 saturated heterocycles. The van der Waals surface area contributed by atoms with Gasteiger partial charge in [-0.05, 0) is 61.4 Å². The van der Waals surface area contributed by atoms with Crippen LogP contribution in [0.15, 0.2) is 48.5 Å². The van der Waals surface area contributed by atoms with Gasteiger partial charge in [0, 0.05) is 30.0 Å². The number of benzene rings is 2. The Morgan fingerprint density at radius 3 is 2.25 bits per heavy atom. The van der Waals surface area contributed by atoms with Gasteiger partial charge < -0.3 is 20.3 Å². The first kappa shape index (κ1) is 19.6. The van der Waals surface area contributed by atoms with Crippen LogP contribution in [0.1, 0.15) is 23.2 Å². The van der Waals surface area contributed by atoms with E-state index < -0.39 is 12.5 Å². The van der Waals surface area contributed by atoms with Crippen molar-refractivity contribution in [1.29, 1.82) is 0 Å². The SMILES string of the molecule is O=C(CNC(=O)c1ccc(OC(F)F)cc1)Nc1ccc(N2CCCC2)cc1. The van der Waals surface area contributed by atoms with E-state index in [1.165, 1.54) is 37.1 Å². The summed E-state index contributed by atoms with van der Waals surface area (Å²) in [5, 5.41) is 5.21. The van der Waals surface area contributed by atoms with Crippen LogP contribution in [0.4, 0.5) is 20.2 Å². The van der Waals surface area contributed by atoms with Gasteiger partial charge in [0.15, 0.2) is 0 Å². The van der Waals surface area contributed by atoms with Gasteiger partial charge >= 0.3 is 6.61 Å². The van der Waals surface area contributed by atoms with Crippen LogP contribution in [0.2, 0.25) is 0 Å². The number of rotatable bonds is 7. The maximum Gasteiger partial charge on any atom is 0.387 e. The molecular formula is C20H21F2N3O3. The highest BCUT2D eigenvalue weighted by Gasteiger charge is 2.13. The lowest BCUT2D eigenvalue weighted by Gasteiger charge is -2.17. The second-order valence-electron chi connectivity index (χ2n) is 6.37. The van der Waals surface area contributed by atoms with Crippen molar-refractivity contribution >= 4 is 23.2 Å². The lowest BCUT2D eigenvalue weighted by Crippen LogP contribution is -2.32. The van der Waals surface area contributed by atoms with Gasteiger partial charge in [0.05, 0.1) is 6.54 Å². The van der Waals surface area contributed by atoms with Crippen molar-refractivity contribution in [3.8, 4) is 5.75 Å². The molecule has 1 aliphatic rings. The number of hydrogen-bond donors (Lipinski definition) is 2. The monoisotopic (exact) mass is 389 g/mol. The molecule has 1 aliphatic heterocycles. The molecule has 3 rings (SSSR count). The van der Waals surface area contributed by atoms with Gasteiger partial charge in [-0.3, -0.25) is 9.59 Å². The van der Waals surface area contributed by atoms with Crippen LogP contribution >= 0.6 is 0 Å². The Kier molecular flexibility index (Phi) is 6.41. The van der Waals surface area contributed by atoms with Crippen LogP contribution in [-0.2, 0) is 4.79 Å². The van der Waals surface area contributed by atoms with Crippen molar-refractivity contribution in [3.05, 3.63) is 54.1 Å². The molecule has 0 bridgehead atoms. The summed E-state index contributed by atoms with van der Waals surface area (Å²) in [6, 6.07) is 12.8. The van der Waals surface area contributed by atoms with E-state index in [0.717, 1.165) is 18.8 Å². The summed E-state index contributed by atoms with van der Waals surface area (Å²) in [5.41, 5.74) is 2.02. The summed E-state index contributed by atoms with van der Waals surface area (Å²) in [5.74, 6) is -0.885. The molecule has 8 heteroatoms. The Labute approximate surface area is 161 Å². The summed E-state index contributed by atoms with van der Waals surface area (Å²) in [6.07, 6.45) is 2.39. The highest BCUT2D eigenvalue weighted by molar-refractivity contribution is 5.99. The average molecular weight is 389 g/mol. The summed E-state index contributed by atoms with van der Waals surface area (Å²) in [7, 11) is 0. The molecule has 0 atom stereocenters. The minimum absolute atomic E-state index is 0.0401. The molecule has 2 aromatic rings. The molecule has 28 heavy (non-hydrogen) atoms. The molecule has 0 radical (unpaired) electrons. The number of carbonyl (C=O) groups excluding carboxylic acids is 2. The van der Waals surface area contributed by atoms with Crippen molar-refractivity contribution in [2.45, 2.75) is 19.5 Å². The minimum Gasteiger partial charge on any atom is -0.435 e. The molecule has 0 aromatic heterocycles. The first-order valence-electron chi connectivity index (χ1n) is 8.99. The zero-order valence-electron chi connectivity index (χ0n) is 15.2. The van der Waals surface area contributed by atoms with Gasteiger partial charge in [0.25, 0.3) is 5.91 Å². The van der Waals surface area contributed by atoms with Crippen LogP contribution in [-0.4, -0.2) is 38.1 Å². The topological polar surface area (TPSA) is 70.7 Å². The number of anilines is 2. The van der Waals surface area contributed by atoms with Crippen molar-refractivity contribution in [3.63, 3.8) is 0 Å². The molecule has 2 amide bonds. The zero-order valence-corrected chi connectivity index (χ0v) is 15.2. The molecule has 2 aromatic carbocycles. The van der Waals surface area contributed by atoms with Gasteiger partial charge in [0.2, 0.25) is 5.91 Å². The molecule has 148 valence electrons. The number of nitrogens with one attached hydrogen (secondary N) is 2. The second kappa shape index (κ2) is 9.16. The first-order valence-corrected chi connectivity index (χ1v) is 8.99. The van der Waals surface area contributed by atoms with Crippen LogP contribution in [0.25, 0.3) is 0 Å². The lowest BCUT2D eigenvalue weighted by molar-refractivity contribution is -0.115. The fraction of sp³-hybridized carbons (Fsp3) is 0.300. The van der Waals surface area contributed by atoms with Crippen molar-refractivity contribution < 1.29 is 23.1 Å². The number of alkyl halides is 2. The summed E-state index contributed by atoms with van der Waals surface area (Å²) >= 11 is 0. The Hall–Kier alpha value is -3.16. The van der Waals surface area contributed by atoms with Gasteiger partial charge in [-0.25, -0.2) is 0 Å². The largest absolute Gasteiger partial charge is 0.435 e. The van der Waals surface area contributed by atoms with E-state index in [1.54, 1.807) is 0 Å². The number of ether oxygens (including phenoxy) is 1. The van der Waals surface area contributed by atoms with E-state index in [0.29, 0.717) is 5.69 Å². The average Bonchev–Trinajstić information content (AvgIpc) is 3.21. The zero-order chi connectivity index (χ0) is 19.9. The first-order chi connectivity index (χ1) is 13.5. The third kappa shape index (κ3) is 5.42. The highest BCUT2D eigenvalue weighted by atomic mass is 19.3. The molecule has 1 heterocycles. The molecule has 0 aliphatic carbocycles. The lowest BCUT2D eigenvalue weighted by atomic mass is 10.2. The van der Waals surface area contributed by atoms with Crippen LogP contribution in [0, 0.1) is 0 Å². The normalized spacial score (nSPS) is 13.5. The second-order valence-corrected chi connectivity index (χ2v) is 6.37. The minimum atomic E-state index is -2.92.